The van der Waals surface area contributed by atoms with Crippen LogP contribution in [0.1, 0.15) is 0 Å². The standard InChI is InChI=1S/C18H13BrFNO4S2/c19-13-7-9-16(10-8-13)26(22,23)17-5-2-6-18(12-17)27(24,25)21-15-4-1-3-14(20)11-15/h1-12,21H. The fraction of sp³-hybridized carbons (Fsp3) is 0. The highest BCUT2D eigenvalue weighted by Gasteiger charge is 2.21. The Morgan fingerprint density at radius 3 is 2.04 bits per heavy atom. The number of anilines is 1. The van der Waals surface area contributed by atoms with E-state index in [2.05, 4.69) is 20.7 Å². The quantitative estimate of drug-likeness (QED) is 0.606. The molecule has 3 aromatic rings. The van der Waals surface area contributed by atoms with Gasteiger partial charge in [0.15, 0.2) is 0 Å². The molecule has 5 nitrogen and oxygen atoms in total. The lowest BCUT2D eigenvalue weighted by molar-refractivity contribution is 0.595. The second-order valence-electron chi connectivity index (χ2n) is 5.55. The van der Waals surface area contributed by atoms with Crippen molar-refractivity contribution < 1.29 is 21.2 Å². The Morgan fingerprint density at radius 1 is 0.741 bits per heavy atom. The maximum atomic E-state index is 13.3. The number of hydrogen-bond donors (Lipinski definition) is 1. The van der Waals surface area contributed by atoms with Gasteiger partial charge in [0, 0.05) is 4.47 Å². The van der Waals surface area contributed by atoms with E-state index in [-0.39, 0.29) is 20.4 Å². The first-order valence-corrected chi connectivity index (χ1v) is 11.3. The van der Waals surface area contributed by atoms with Gasteiger partial charge in [-0.2, -0.15) is 0 Å². The average Bonchev–Trinajstić information content (AvgIpc) is 2.62. The normalized spacial score (nSPS) is 11.9. The van der Waals surface area contributed by atoms with Crippen molar-refractivity contribution in [3.63, 3.8) is 0 Å². The predicted molar refractivity (Wildman–Crippen MR) is 103 cm³/mol. The van der Waals surface area contributed by atoms with Gasteiger partial charge in [-0.25, -0.2) is 21.2 Å². The highest BCUT2D eigenvalue weighted by Crippen LogP contribution is 2.25. The number of hydrogen-bond acceptors (Lipinski definition) is 4. The molecule has 140 valence electrons. The van der Waals surface area contributed by atoms with E-state index in [1.54, 1.807) is 12.1 Å². The van der Waals surface area contributed by atoms with Crippen LogP contribution in [0.25, 0.3) is 0 Å². The van der Waals surface area contributed by atoms with Gasteiger partial charge in [0.1, 0.15) is 5.82 Å². The Morgan fingerprint density at radius 2 is 1.37 bits per heavy atom. The fourth-order valence-corrected chi connectivity index (χ4v) is 5.06. The molecule has 0 unspecified atom stereocenters. The molecule has 0 bridgehead atoms. The number of sulfonamides is 1. The lowest BCUT2D eigenvalue weighted by Crippen LogP contribution is -2.14. The molecule has 9 heteroatoms. The summed E-state index contributed by atoms with van der Waals surface area (Å²) < 4.78 is 66.8. The van der Waals surface area contributed by atoms with Crippen LogP contribution in [-0.4, -0.2) is 16.8 Å². The van der Waals surface area contributed by atoms with Crippen LogP contribution in [0.5, 0.6) is 0 Å². The predicted octanol–water partition coefficient (Wildman–Crippen LogP) is 4.22. The van der Waals surface area contributed by atoms with Crippen molar-refractivity contribution in [2.45, 2.75) is 14.7 Å². The van der Waals surface area contributed by atoms with E-state index >= 15 is 0 Å². The van der Waals surface area contributed by atoms with Crippen molar-refractivity contribution in [3.8, 4) is 0 Å². The molecule has 0 saturated carbocycles. The summed E-state index contributed by atoms with van der Waals surface area (Å²) in [7, 11) is -7.98. The summed E-state index contributed by atoms with van der Waals surface area (Å²) >= 11 is 3.23. The van der Waals surface area contributed by atoms with Crippen molar-refractivity contribution in [3.05, 3.63) is 83.1 Å². The van der Waals surface area contributed by atoms with Gasteiger partial charge in [-0.3, -0.25) is 4.72 Å². The van der Waals surface area contributed by atoms with Crippen LogP contribution in [0.2, 0.25) is 0 Å². The van der Waals surface area contributed by atoms with Gasteiger partial charge in [0.05, 0.1) is 20.4 Å². The van der Waals surface area contributed by atoms with Gasteiger partial charge in [-0.05, 0) is 60.7 Å². The number of rotatable bonds is 5. The molecule has 27 heavy (non-hydrogen) atoms. The van der Waals surface area contributed by atoms with E-state index < -0.39 is 25.7 Å². The molecular formula is C18H13BrFNO4S2. The lowest BCUT2D eigenvalue weighted by Gasteiger charge is -2.10. The third kappa shape index (κ3) is 4.37. The van der Waals surface area contributed by atoms with Gasteiger partial charge in [-0.15, -0.1) is 0 Å². The molecule has 0 aromatic heterocycles. The minimum Gasteiger partial charge on any atom is -0.280 e. The summed E-state index contributed by atoms with van der Waals surface area (Å²) in [5.41, 5.74) is 0.0381. The SMILES string of the molecule is O=S(=O)(Nc1cccc(F)c1)c1cccc(S(=O)(=O)c2ccc(Br)cc2)c1. The maximum absolute atomic E-state index is 13.3. The largest absolute Gasteiger partial charge is 0.280 e. The third-order valence-corrected chi connectivity index (χ3v) is 7.30. The summed E-state index contributed by atoms with van der Waals surface area (Å²) in [5.74, 6) is -0.596. The van der Waals surface area contributed by atoms with Crippen molar-refractivity contribution in [2.75, 3.05) is 4.72 Å². The van der Waals surface area contributed by atoms with Gasteiger partial charge < -0.3 is 0 Å². The van der Waals surface area contributed by atoms with Crippen molar-refractivity contribution >= 4 is 41.5 Å². The van der Waals surface area contributed by atoms with E-state index in [9.17, 15) is 21.2 Å². The van der Waals surface area contributed by atoms with Gasteiger partial charge in [0.2, 0.25) is 9.84 Å². The molecular weight excluding hydrogens is 457 g/mol. The lowest BCUT2D eigenvalue weighted by atomic mass is 10.3. The number of nitrogens with one attached hydrogen (secondary N) is 1. The number of benzene rings is 3. The van der Waals surface area contributed by atoms with Crippen LogP contribution in [0.4, 0.5) is 10.1 Å². The molecule has 0 aliphatic rings. The van der Waals surface area contributed by atoms with Crippen LogP contribution in [-0.2, 0) is 19.9 Å². The molecule has 0 amide bonds. The van der Waals surface area contributed by atoms with Gasteiger partial charge >= 0.3 is 0 Å². The molecule has 3 aromatic carbocycles. The Bertz CT molecular complexity index is 1190. The van der Waals surface area contributed by atoms with Crippen molar-refractivity contribution in [2.24, 2.45) is 0 Å². The van der Waals surface area contributed by atoms with E-state index in [0.29, 0.717) is 0 Å². The molecule has 0 spiro atoms. The second-order valence-corrected chi connectivity index (χ2v) is 10.1. The first kappa shape index (κ1) is 19.5. The molecule has 0 radical (unpaired) electrons. The van der Waals surface area contributed by atoms with E-state index in [0.717, 1.165) is 16.6 Å². The van der Waals surface area contributed by atoms with Crippen molar-refractivity contribution in [1.82, 2.24) is 0 Å². The topological polar surface area (TPSA) is 80.3 Å². The Balaban J connectivity index is 1.98. The Kier molecular flexibility index (Phi) is 5.36. The first-order chi connectivity index (χ1) is 12.7. The summed E-state index contributed by atoms with van der Waals surface area (Å²) in [6.07, 6.45) is 0. The highest BCUT2D eigenvalue weighted by atomic mass is 79.9. The smallest absolute Gasteiger partial charge is 0.261 e. The van der Waals surface area contributed by atoms with Crippen LogP contribution < -0.4 is 4.72 Å². The molecule has 0 fully saturated rings. The zero-order valence-electron chi connectivity index (χ0n) is 13.6. The third-order valence-electron chi connectivity index (χ3n) is 3.63. The van der Waals surface area contributed by atoms with Crippen LogP contribution in [0.15, 0.2) is 92.0 Å². The summed E-state index contributed by atoms with van der Waals surface area (Å²) in [5, 5.41) is 0. The van der Waals surface area contributed by atoms with Crippen LogP contribution in [0.3, 0.4) is 0 Å². The number of halogens is 2. The summed E-state index contributed by atoms with van der Waals surface area (Å²) in [4.78, 5) is -0.366. The van der Waals surface area contributed by atoms with E-state index in [1.165, 1.54) is 48.5 Å². The minimum atomic E-state index is -4.09. The average molecular weight is 470 g/mol. The Labute approximate surface area is 165 Å². The van der Waals surface area contributed by atoms with E-state index in [1.807, 2.05) is 0 Å². The maximum Gasteiger partial charge on any atom is 0.261 e. The molecule has 0 aliphatic carbocycles. The molecule has 3 rings (SSSR count). The number of sulfone groups is 1. The summed E-state index contributed by atoms with van der Waals surface area (Å²) in [6, 6.07) is 16.0. The van der Waals surface area contributed by atoms with Crippen LogP contribution >= 0.6 is 15.9 Å². The zero-order valence-corrected chi connectivity index (χ0v) is 16.9. The minimum absolute atomic E-state index is 0.0381. The molecule has 0 heterocycles. The van der Waals surface area contributed by atoms with Crippen LogP contribution in [0, 0.1) is 5.82 Å². The van der Waals surface area contributed by atoms with E-state index in [4.69, 9.17) is 0 Å². The summed E-state index contributed by atoms with van der Waals surface area (Å²) in [6.45, 7) is 0. The first-order valence-electron chi connectivity index (χ1n) is 7.58. The van der Waals surface area contributed by atoms with Gasteiger partial charge in [0.25, 0.3) is 10.0 Å². The molecule has 1 N–H and O–H groups in total. The van der Waals surface area contributed by atoms with Crippen molar-refractivity contribution in [1.29, 1.82) is 0 Å². The van der Waals surface area contributed by atoms with Gasteiger partial charge in [-0.1, -0.05) is 28.1 Å². The molecule has 0 saturated heterocycles. The fourth-order valence-electron chi connectivity index (χ4n) is 2.32. The Hall–Kier alpha value is -2.23. The monoisotopic (exact) mass is 469 g/mol. The highest BCUT2D eigenvalue weighted by molar-refractivity contribution is 9.10. The second kappa shape index (κ2) is 7.41. The molecule has 0 aliphatic heterocycles. The zero-order chi connectivity index (χ0) is 19.7. The molecule has 0 atom stereocenters.